The van der Waals surface area contributed by atoms with Crippen LogP contribution in [0.1, 0.15) is 36.1 Å². The number of ether oxygens (including phenoxy) is 3. The SMILES string of the molecule is COC(=O)c1cc(C(OC(C)=O)OC(C)=O)ccc1[N+](=O)[O-]. The number of carbonyl (C=O) groups excluding carboxylic acids is 3. The highest BCUT2D eigenvalue weighted by Gasteiger charge is 2.26. The molecule has 9 nitrogen and oxygen atoms in total. The third-order valence-corrected chi connectivity index (χ3v) is 2.44. The monoisotopic (exact) mass is 311 g/mol. The van der Waals surface area contributed by atoms with Crippen molar-refractivity contribution in [1.29, 1.82) is 0 Å². The molecular weight excluding hydrogens is 298 g/mol. The van der Waals surface area contributed by atoms with Gasteiger partial charge in [-0.3, -0.25) is 19.7 Å². The second-order valence-corrected chi connectivity index (χ2v) is 4.08. The number of rotatable bonds is 5. The van der Waals surface area contributed by atoms with Crippen molar-refractivity contribution in [2.24, 2.45) is 0 Å². The molecule has 0 N–H and O–H groups in total. The molecule has 0 heterocycles. The molecule has 118 valence electrons. The van der Waals surface area contributed by atoms with E-state index >= 15 is 0 Å². The second kappa shape index (κ2) is 7.16. The molecule has 1 aromatic carbocycles. The van der Waals surface area contributed by atoms with Crippen molar-refractivity contribution >= 4 is 23.6 Å². The van der Waals surface area contributed by atoms with E-state index in [4.69, 9.17) is 9.47 Å². The highest BCUT2D eigenvalue weighted by molar-refractivity contribution is 5.94. The molecule has 0 saturated carbocycles. The summed E-state index contributed by atoms with van der Waals surface area (Å²) in [6, 6.07) is 3.31. The molecule has 0 atom stereocenters. The van der Waals surface area contributed by atoms with Crippen LogP contribution in [0.15, 0.2) is 18.2 Å². The van der Waals surface area contributed by atoms with Crippen molar-refractivity contribution in [2.75, 3.05) is 7.11 Å². The zero-order valence-corrected chi connectivity index (χ0v) is 12.0. The van der Waals surface area contributed by atoms with Crippen LogP contribution in [-0.2, 0) is 23.8 Å². The molecular formula is C13H13NO8. The maximum atomic E-state index is 11.6. The Balaban J connectivity index is 3.32. The van der Waals surface area contributed by atoms with Gasteiger partial charge in [-0.1, -0.05) is 0 Å². The Morgan fingerprint density at radius 3 is 2.09 bits per heavy atom. The number of nitrogens with zero attached hydrogens (tertiary/aromatic N) is 1. The van der Waals surface area contributed by atoms with Gasteiger partial charge in [0.1, 0.15) is 5.56 Å². The Kier molecular flexibility index (Phi) is 5.56. The lowest BCUT2D eigenvalue weighted by Crippen LogP contribution is -2.16. The van der Waals surface area contributed by atoms with Crippen LogP contribution >= 0.6 is 0 Å². The first kappa shape index (κ1) is 17.1. The van der Waals surface area contributed by atoms with E-state index in [2.05, 4.69) is 4.74 Å². The minimum Gasteiger partial charge on any atom is -0.465 e. The molecule has 0 aromatic heterocycles. The van der Waals surface area contributed by atoms with Crippen LogP contribution in [0.5, 0.6) is 0 Å². The number of carbonyl (C=O) groups is 3. The van der Waals surface area contributed by atoms with E-state index in [9.17, 15) is 24.5 Å². The maximum Gasteiger partial charge on any atom is 0.344 e. The first-order valence-electron chi connectivity index (χ1n) is 5.97. The minimum atomic E-state index is -1.42. The van der Waals surface area contributed by atoms with Crippen LogP contribution in [-0.4, -0.2) is 29.9 Å². The number of esters is 3. The van der Waals surface area contributed by atoms with E-state index in [1.165, 1.54) is 6.07 Å². The number of hydrogen-bond donors (Lipinski definition) is 0. The number of methoxy groups -OCH3 is 1. The molecule has 9 heteroatoms. The molecule has 0 aliphatic carbocycles. The van der Waals surface area contributed by atoms with Gasteiger partial charge < -0.3 is 14.2 Å². The van der Waals surface area contributed by atoms with Crippen LogP contribution in [0.3, 0.4) is 0 Å². The summed E-state index contributed by atoms with van der Waals surface area (Å²) < 4.78 is 14.1. The number of nitro groups is 1. The Hall–Kier alpha value is -2.97. The van der Waals surface area contributed by atoms with Crippen molar-refractivity contribution in [2.45, 2.75) is 20.1 Å². The van der Waals surface area contributed by atoms with Gasteiger partial charge in [-0.05, 0) is 12.1 Å². The predicted octanol–water partition coefficient (Wildman–Crippen LogP) is 1.51. The lowest BCUT2D eigenvalue weighted by Gasteiger charge is -2.17. The molecule has 0 spiro atoms. The molecule has 1 aromatic rings. The normalized spacial score (nSPS) is 10.0. The molecule has 0 aliphatic heterocycles. The highest BCUT2D eigenvalue weighted by Crippen LogP contribution is 2.27. The first-order chi connectivity index (χ1) is 10.3. The Morgan fingerprint density at radius 1 is 1.14 bits per heavy atom. The average molecular weight is 311 g/mol. The Labute approximate surface area is 124 Å². The first-order valence-corrected chi connectivity index (χ1v) is 5.97. The van der Waals surface area contributed by atoms with Crippen LogP contribution < -0.4 is 0 Å². The molecule has 0 aliphatic rings. The van der Waals surface area contributed by atoms with E-state index in [0.29, 0.717) is 0 Å². The quantitative estimate of drug-likeness (QED) is 0.347. The molecule has 0 fully saturated rings. The second-order valence-electron chi connectivity index (χ2n) is 4.08. The topological polar surface area (TPSA) is 122 Å². The van der Waals surface area contributed by atoms with Crippen molar-refractivity contribution in [3.63, 3.8) is 0 Å². The van der Waals surface area contributed by atoms with Gasteiger partial charge in [0.05, 0.1) is 12.0 Å². The van der Waals surface area contributed by atoms with Gasteiger partial charge in [-0.15, -0.1) is 0 Å². The van der Waals surface area contributed by atoms with E-state index < -0.39 is 34.8 Å². The largest absolute Gasteiger partial charge is 0.465 e. The van der Waals surface area contributed by atoms with Gasteiger partial charge in [0.25, 0.3) is 12.0 Å². The summed E-state index contributed by atoms with van der Waals surface area (Å²) >= 11 is 0. The van der Waals surface area contributed by atoms with Gasteiger partial charge in [-0.2, -0.15) is 0 Å². The van der Waals surface area contributed by atoms with Crippen molar-refractivity contribution < 1.29 is 33.5 Å². The van der Waals surface area contributed by atoms with Crippen LogP contribution in [0, 0.1) is 10.1 Å². The van der Waals surface area contributed by atoms with Crippen molar-refractivity contribution in [3.05, 3.63) is 39.4 Å². The Morgan fingerprint density at radius 2 is 1.68 bits per heavy atom. The number of nitro benzene ring substituents is 1. The fourth-order valence-electron chi connectivity index (χ4n) is 1.59. The summed E-state index contributed by atoms with van der Waals surface area (Å²) in [5, 5.41) is 10.9. The summed E-state index contributed by atoms with van der Waals surface area (Å²) in [6.45, 7) is 2.20. The van der Waals surface area contributed by atoms with Gasteiger partial charge in [0, 0.05) is 25.5 Å². The molecule has 0 bridgehead atoms. The number of benzene rings is 1. The summed E-state index contributed by atoms with van der Waals surface area (Å²) in [6.07, 6.45) is -1.42. The minimum absolute atomic E-state index is 0.0800. The summed E-state index contributed by atoms with van der Waals surface area (Å²) in [4.78, 5) is 43.9. The fourth-order valence-corrected chi connectivity index (χ4v) is 1.59. The lowest BCUT2D eigenvalue weighted by molar-refractivity contribution is -0.385. The van der Waals surface area contributed by atoms with Crippen molar-refractivity contribution in [1.82, 2.24) is 0 Å². The zero-order chi connectivity index (χ0) is 16.9. The van der Waals surface area contributed by atoms with E-state index in [1.807, 2.05) is 0 Å². The molecule has 22 heavy (non-hydrogen) atoms. The van der Waals surface area contributed by atoms with Crippen molar-refractivity contribution in [3.8, 4) is 0 Å². The summed E-state index contributed by atoms with van der Waals surface area (Å²) in [5.74, 6) is -2.41. The third-order valence-electron chi connectivity index (χ3n) is 2.44. The van der Waals surface area contributed by atoms with Crippen LogP contribution in [0.4, 0.5) is 5.69 Å². The molecule has 0 radical (unpaired) electrons. The maximum absolute atomic E-state index is 11.6. The molecule has 0 amide bonds. The van der Waals surface area contributed by atoms with Gasteiger partial charge in [0.2, 0.25) is 0 Å². The Bertz CT molecular complexity index is 608. The third kappa shape index (κ3) is 4.27. The molecule has 0 saturated heterocycles. The fraction of sp³-hybridized carbons (Fsp3) is 0.308. The van der Waals surface area contributed by atoms with Crippen LogP contribution in [0.25, 0.3) is 0 Å². The highest BCUT2D eigenvalue weighted by atomic mass is 16.7. The van der Waals surface area contributed by atoms with Gasteiger partial charge >= 0.3 is 17.9 Å². The average Bonchev–Trinajstić information content (AvgIpc) is 2.44. The predicted molar refractivity (Wildman–Crippen MR) is 70.7 cm³/mol. The molecule has 0 unspecified atom stereocenters. The summed E-state index contributed by atoms with van der Waals surface area (Å²) in [5.41, 5.74) is -0.759. The zero-order valence-electron chi connectivity index (χ0n) is 12.0. The summed E-state index contributed by atoms with van der Waals surface area (Å²) in [7, 11) is 1.06. The molecule has 1 rings (SSSR count). The lowest BCUT2D eigenvalue weighted by atomic mass is 10.1. The van der Waals surface area contributed by atoms with Gasteiger partial charge in [0.15, 0.2) is 0 Å². The van der Waals surface area contributed by atoms with Gasteiger partial charge in [-0.25, -0.2) is 4.79 Å². The smallest absolute Gasteiger partial charge is 0.344 e. The van der Waals surface area contributed by atoms with E-state index in [-0.39, 0.29) is 11.1 Å². The van der Waals surface area contributed by atoms with Crippen LogP contribution in [0.2, 0.25) is 0 Å². The van der Waals surface area contributed by atoms with E-state index in [0.717, 1.165) is 33.1 Å². The standard InChI is InChI=1S/C13H13NO8/c1-7(15)21-13(22-8(2)16)9-4-5-11(14(18)19)10(6-9)12(17)20-3/h4-6,13H,1-3H3. The van der Waals surface area contributed by atoms with E-state index in [1.54, 1.807) is 0 Å². The number of hydrogen-bond acceptors (Lipinski definition) is 8.